The standard InChI is InChI=1S/C11H14N2O2/c1-14-10-2-3-11(15-7-6-13)9(8-10)4-5-12/h2-3,8H,4-5,7,12H2,1H3. The van der Waals surface area contributed by atoms with Gasteiger partial charge in [0.15, 0.2) is 6.61 Å². The van der Waals surface area contributed by atoms with Crippen LogP contribution < -0.4 is 15.2 Å². The number of rotatable bonds is 5. The van der Waals surface area contributed by atoms with Crippen LogP contribution in [-0.2, 0) is 6.42 Å². The van der Waals surface area contributed by atoms with E-state index in [-0.39, 0.29) is 6.61 Å². The Balaban J connectivity index is 2.88. The third-order valence-electron chi connectivity index (χ3n) is 1.97. The highest BCUT2D eigenvalue weighted by molar-refractivity contribution is 5.40. The van der Waals surface area contributed by atoms with Crippen molar-refractivity contribution in [1.82, 2.24) is 0 Å². The second-order valence-electron chi connectivity index (χ2n) is 2.96. The smallest absolute Gasteiger partial charge is 0.174 e. The van der Waals surface area contributed by atoms with Gasteiger partial charge in [0.05, 0.1) is 7.11 Å². The summed E-state index contributed by atoms with van der Waals surface area (Å²) in [6.45, 7) is 0.583. The van der Waals surface area contributed by atoms with Gasteiger partial charge in [-0.1, -0.05) is 0 Å². The molecule has 0 aliphatic carbocycles. The molecule has 0 fully saturated rings. The molecule has 0 aromatic heterocycles. The van der Waals surface area contributed by atoms with Crippen LogP contribution in [0.2, 0.25) is 0 Å². The van der Waals surface area contributed by atoms with Crippen LogP contribution in [0, 0.1) is 11.3 Å². The summed E-state index contributed by atoms with van der Waals surface area (Å²) in [5, 5.41) is 8.42. The maximum absolute atomic E-state index is 8.42. The molecule has 0 bridgehead atoms. The average Bonchev–Trinajstić information content (AvgIpc) is 2.27. The first kappa shape index (κ1) is 11.3. The zero-order valence-corrected chi connectivity index (χ0v) is 8.69. The molecule has 0 saturated carbocycles. The Morgan fingerprint density at radius 2 is 2.27 bits per heavy atom. The van der Waals surface area contributed by atoms with Gasteiger partial charge in [0.25, 0.3) is 0 Å². The van der Waals surface area contributed by atoms with E-state index in [1.165, 1.54) is 0 Å². The van der Waals surface area contributed by atoms with Gasteiger partial charge < -0.3 is 15.2 Å². The number of nitriles is 1. The van der Waals surface area contributed by atoms with Crippen LogP contribution >= 0.6 is 0 Å². The van der Waals surface area contributed by atoms with Gasteiger partial charge >= 0.3 is 0 Å². The fraction of sp³-hybridized carbons (Fsp3) is 0.364. The van der Waals surface area contributed by atoms with E-state index >= 15 is 0 Å². The van der Waals surface area contributed by atoms with Crippen LogP contribution in [0.15, 0.2) is 18.2 Å². The molecule has 0 amide bonds. The first-order valence-corrected chi connectivity index (χ1v) is 4.68. The zero-order chi connectivity index (χ0) is 11.1. The summed E-state index contributed by atoms with van der Waals surface area (Å²) in [6.07, 6.45) is 0.706. The molecule has 1 aromatic rings. The van der Waals surface area contributed by atoms with E-state index in [0.717, 1.165) is 11.3 Å². The second-order valence-corrected chi connectivity index (χ2v) is 2.96. The van der Waals surface area contributed by atoms with Crippen LogP contribution in [-0.4, -0.2) is 20.3 Å². The molecule has 0 atom stereocenters. The molecule has 0 spiro atoms. The lowest BCUT2D eigenvalue weighted by atomic mass is 10.1. The van der Waals surface area contributed by atoms with Crippen LogP contribution in [0.5, 0.6) is 11.5 Å². The van der Waals surface area contributed by atoms with Crippen molar-refractivity contribution in [3.63, 3.8) is 0 Å². The minimum absolute atomic E-state index is 0.0455. The van der Waals surface area contributed by atoms with E-state index in [0.29, 0.717) is 18.7 Å². The maximum Gasteiger partial charge on any atom is 0.174 e. The van der Waals surface area contributed by atoms with Crippen LogP contribution in [0.3, 0.4) is 0 Å². The normalized spacial score (nSPS) is 9.40. The Morgan fingerprint density at radius 3 is 2.87 bits per heavy atom. The summed E-state index contributed by atoms with van der Waals surface area (Å²) in [6, 6.07) is 7.40. The van der Waals surface area contributed by atoms with E-state index in [1.807, 2.05) is 12.1 Å². The lowest BCUT2D eigenvalue weighted by Gasteiger charge is -2.10. The molecular formula is C11H14N2O2. The summed E-state index contributed by atoms with van der Waals surface area (Å²) < 4.78 is 10.4. The lowest BCUT2D eigenvalue weighted by Crippen LogP contribution is -2.05. The minimum atomic E-state index is 0.0455. The molecule has 0 aliphatic heterocycles. The van der Waals surface area contributed by atoms with E-state index in [1.54, 1.807) is 19.2 Å². The van der Waals surface area contributed by atoms with Crippen molar-refractivity contribution in [3.05, 3.63) is 23.8 Å². The summed E-state index contributed by atoms with van der Waals surface area (Å²) in [4.78, 5) is 0. The second kappa shape index (κ2) is 5.89. The molecule has 0 aliphatic rings. The van der Waals surface area contributed by atoms with Crippen molar-refractivity contribution < 1.29 is 9.47 Å². The van der Waals surface area contributed by atoms with E-state index < -0.39 is 0 Å². The fourth-order valence-electron chi connectivity index (χ4n) is 1.28. The van der Waals surface area contributed by atoms with E-state index in [2.05, 4.69) is 0 Å². The van der Waals surface area contributed by atoms with Gasteiger partial charge in [-0.25, -0.2) is 0 Å². The first-order valence-electron chi connectivity index (χ1n) is 4.68. The summed E-state index contributed by atoms with van der Waals surface area (Å²) in [7, 11) is 1.61. The molecule has 2 N–H and O–H groups in total. The number of nitrogens with zero attached hydrogens (tertiary/aromatic N) is 1. The summed E-state index contributed by atoms with van der Waals surface area (Å²) in [5.41, 5.74) is 6.45. The molecule has 4 nitrogen and oxygen atoms in total. The molecule has 0 heterocycles. The Morgan fingerprint density at radius 1 is 1.47 bits per heavy atom. The highest BCUT2D eigenvalue weighted by Gasteiger charge is 2.04. The molecule has 15 heavy (non-hydrogen) atoms. The predicted octanol–water partition coefficient (Wildman–Crippen LogP) is 1.10. The van der Waals surface area contributed by atoms with Crippen molar-refractivity contribution >= 4 is 0 Å². The van der Waals surface area contributed by atoms with Gasteiger partial charge in [-0.2, -0.15) is 5.26 Å². The van der Waals surface area contributed by atoms with Crippen molar-refractivity contribution in [2.45, 2.75) is 6.42 Å². The van der Waals surface area contributed by atoms with Crippen LogP contribution in [0.1, 0.15) is 5.56 Å². The molecule has 1 rings (SSSR count). The molecule has 0 radical (unpaired) electrons. The largest absolute Gasteiger partial charge is 0.497 e. The van der Waals surface area contributed by atoms with Gasteiger partial charge in [-0.05, 0) is 36.7 Å². The quantitative estimate of drug-likeness (QED) is 0.783. The average molecular weight is 206 g/mol. The third kappa shape index (κ3) is 3.15. The zero-order valence-electron chi connectivity index (χ0n) is 8.69. The van der Waals surface area contributed by atoms with Crippen molar-refractivity contribution in [3.8, 4) is 17.6 Å². The third-order valence-corrected chi connectivity index (χ3v) is 1.97. The number of nitrogens with two attached hydrogens (primary N) is 1. The topological polar surface area (TPSA) is 68.3 Å². The highest BCUT2D eigenvalue weighted by atomic mass is 16.5. The maximum atomic E-state index is 8.42. The van der Waals surface area contributed by atoms with Gasteiger partial charge in [0, 0.05) is 0 Å². The molecule has 0 saturated heterocycles. The van der Waals surface area contributed by atoms with Gasteiger partial charge in [-0.15, -0.1) is 0 Å². The van der Waals surface area contributed by atoms with Gasteiger partial charge in [0.1, 0.15) is 17.6 Å². The molecule has 4 heteroatoms. The Labute approximate surface area is 89.2 Å². The Hall–Kier alpha value is -1.73. The number of methoxy groups -OCH3 is 1. The van der Waals surface area contributed by atoms with Crippen LogP contribution in [0.4, 0.5) is 0 Å². The molecule has 0 unspecified atom stereocenters. The SMILES string of the molecule is COc1ccc(OCC#N)c(CCN)c1. The summed E-state index contributed by atoms with van der Waals surface area (Å²) >= 11 is 0. The lowest BCUT2D eigenvalue weighted by molar-refractivity contribution is 0.361. The molecular weight excluding hydrogens is 192 g/mol. The summed E-state index contributed by atoms with van der Waals surface area (Å²) in [5.74, 6) is 1.46. The number of benzene rings is 1. The van der Waals surface area contributed by atoms with Crippen molar-refractivity contribution in [1.29, 1.82) is 5.26 Å². The Kier molecular flexibility index (Phi) is 4.45. The molecule has 1 aromatic carbocycles. The Bertz CT molecular complexity index is 358. The number of hydrogen-bond donors (Lipinski definition) is 1. The number of hydrogen-bond acceptors (Lipinski definition) is 4. The fourth-order valence-corrected chi connectivity index (χ4v) is 1.28. The van der Waals surface area contributed by atoms with Gasteiger partial charge in [0.2, 0.25) is 0 Å². The minimum Gasteiger partial charge on any atom is -0.497 e. The van der Waals surface area contributed by atoms with E-state index in [4.69, 9.17) is 20.5 Å². The monoisotopic (exact) mass is 206 g/mol. The highest BCUT2D eigenvalue weighted by Crippen LogP contribution is 2.24. The predicted molar refractivity (Wildman–Crippen MR) is 56.9 cm³/mol. The van der Waals surface area contributed by atoms with Gasteiger partial charge in [-0.3, -0.25) is 0 Å². The van der Waals surface area contributed by atoms with Crippen LogP contribution in [0.25, 0.3) is 0 Å². The van der Waals surface area contributed by atoms with E-state index in [9.17, 15) is 0 Å². The number of ether oxygens (including phenoxy) is 2. The first-order chi connectivity index (χ1) is 7.31. The van der Waals surface area contributed by atoms with Crippen molar-refractivity contribution in [2.75, 3.05) is 20.3 Å². The molecule has 80 valence electrons. The van der Waals surface area contributed by atoms with Crippen molar-refractivity contribution in [2.24, 2.45) is 5.73 Å².